The van der Waals surface area contributed by atoms with E-state index in [0.717, 1.165) is 17.7 Å². The lowest BCUT2D eigenvalue weighted by atomic mass is 9.76. The lowest BCUT2D eigenvalue weighted by Gasteiger charge is -2.47. The Labute approximate surface area is 196 Å². The van der Waals surface area contributed by atoms with Gasteiger partial charge >= 0.3 is 6.18 Å². The maximum Gasteiger partial charge on any atom is 0.416 e. The van der Waals surface area contributed by atoms with E-state index in [2.05, 4.69) is 15.5 Å². The van der Waals surface area contributed by atoms with E-state index in [1.165, 1.54) is 0 Å². The van der Waals surface area contributed by atoms with Gasteiger partial charge in [-0.15, -0.1) is 10.2 Å². The Morgan fingerprint density at radius 3 is 2.41 bits per heavy atom. The third kappa shape index (κ3) is 4.87. The van der Waals surface area contributed by atoms with Gasteiger partial charge in [0.25, 0.3) is 0 Å². The van der Waals surface area contributed by atoms with Crippen LogP contribution in [0, 0.1) is 6.92 Å². The number of alkyl halides is 3. The summed E-state index contributed by atoms with van der Waals surface area (Å²) in [5.41, 5.74) is 0.242. The van der Waals surface area contributed by atoms with Gasteiger partial charge in [-0.2, -0.15) is 13.2 Å². The molecule has 0 spiro atoms. The minimum atomic E-state index is -4.41. The Morgan fingerprint density at radius 2 is 1.82 bits per heavy atom. The molecule has 1 saturated heterocycles. The van der Waals surface area contributed by atoms with Gasteiger partial charge in [-0.25, -0.2) is 0 Å². The van der Waals surface area contributed by atoms with Crippen molar-refractivity contribution in [2.45, 2.75) is 50.0 Å². The highest BCUT2D eigenvalue weighted by Gasteiger charge is 2.45. The Hall–Kier alpha value is -2.75. The first-order valence-corrected chi connectivity index (χ1v) is 11.2. The average Bonchev–Trinajstić information content (AvgIpc) is 3.38. The van der Waals surface area contributed by atoms with E-state index in [-0.39, 0.29) is 13.2 Å². The lowest BCUT2D eigenvalue weighted by Crippen LogP contribution is -2.60. The first-order valence-electron chi connectivity index (χ1n) is 11.2. The van der Waals surface area contributed by atoms with Crippen LogP contribution in [-0.4, -0.2) is 39.6 Å². The van der Waals surface area contributed by atoms with Gasteiger partial charge in [0.15, 0.2) is 0 Å². The number of halogens is 3. The number of piperidine rings is 1. The zero-order chi connectivity index (χ0) is 24.4. The molecular formula is C25H29F3N4O2. The molecule has 4 rings (SSSR count). The largest absolute Gasteiger partial charge is 0.416 e. The second-order valence-electron chi connectivity index (χ2n) is 9.14. The van der Waals surface area contributed by atoms with Crippen LogP contribution < -0.4 is 5.32 Å². The zero-order valence-electron chi connectivity index (χ0n) is 19.2. The maximum atomic E-state index is 13.3. The van der Waals surface area contributed by atoms with E-state index in [0.29, 0.717) is 30.5 Å². The van der Waals surface area contributed by atoms with Gasteiger partial charge in [0.1, 0.15) is 12.7 Å². The fourth-order valence-electron chi connectivity index (χ4n) is 4.62. The van der Waals surface area contributed by atoms with Crippen LogP contribution in [0.15, 0.2) is 61.2 Å². The Kier molecular flexibility index (Phi) is 6.80. The van der Waals surface area contributed by atoms with Crippen molar-refractivity contribution in [2.24, 2.45) is 0 Å². The molecule has 1 fully saturated rings. The van der Waals surface area contributed by atoms with Crippen molar-refractivity contribution in [2.75, 3.05) is 19.8 Å². The third-order valence-corrected chi connectivity index (χ3v) is 6.84. The molecule has 3 atom stereocenters. The van der Waals surface area contributed by atoms with Crippen molar-refractivity contribution in [3.8, 4) is 0 Å². The molecule has 2 heterocycles. The number of nitrogens with zero attached hydrogens (tertiary/aromatic N) is 3. The zero-order valence-corrected chi connectivity index (χ0v) is 19.2. The summed E-state index contributed by atoms with van der Waals surface area (Å²) >= 11 is 0. The van der Waals surface area contributed by atoms with Crippen LogP contribution in [0.4, 0.5) is 13.2 Å². The van der Waals surface area contributed by atoms with Crippen molar-refractivity contribution < 1.29 is 23.0 Å². The molecule has 2 aromatic carbocycles. The number of benzene rings is 2. The normalized spacial score (nSPS) is 24.2. The minimum absolute atomic E-state index is 0.0797. The predicted molar refractivity (Wildman–Crippen MR) is 121 cm³/mol. The van der Waals surface area contributed by atoms with Gasteiger partial charge in [0.05, 0.1) is 36.0 Å². The molecule has 0 amide bonds. The highest BCUT2D eigenvalue weighted by molar-refractivity contribution is 5.32. The number of ether oxygens (including phenoxy) is 1. The van der Waals surface area contributed by atoms with E-state index >= 15 is 0 Å². The van der Waals surface area contributed by atoms with Gasteiger partial charge in [-0.1, -0.05) is 42.0 Å². The summed E-state index contributed by atoms with van der Waals surface area (Å²) in [5, 5.41) is 21.5. The fourth-order valence-corrected chi connectivity index (χ4v) is 4.62. The highest BCUT2D eigenvalue weighted by atomic mass is 19.4. The van der Waals surface area contributed by atoms with Crippen molar-refractivity contribution >= 4 is 0 Å². The summed E-state index contributed by atoms with van der Waals surface area (Å²) in [7, 11) is 0. The molecule has 0 aliphatic carbocycles. The van der Waals surface area contributed by atoms with Crippen LogP contribution >= 0.6 is 0 Å². The maximum absolute atomic E-state index is 13.3. The second kappa shape index (κ2) is 9.48. The standard InChI is InChI=1S/C25H29F3N4O2/c1-18-10-20(12-22(11-18)25(26,27)28)19(2)34-15-24(21-6-4-3-5-7-21)9-8-23(14-33,13-29-24)32-16-30-31-17-32/h3-7,10-12,16-17,19,29,33H,8-9,13-15H2,1-2H3/t19-,23-,24-/m1/s1. The molecule has 0 bridgehead atoms. The van der Waals surface area contributed by atoms with Crippen LogP contribution in [0.5, 0.6) is 0 Å². The molecule has 0 saturated carbocycles. The molecule has 1 aliphatic heterocycles. The van der Waals surface area contributed by atoms with Gasteiger partial charge < -0.3 is 19.7 Å². The van der Waals surface area contributed by atoms with Crippen LogP contribution in [0.2, 0.25) is 0 Å². The number of aryl methyl sites for hydroxylation is 1. The fraction of sp³-hybridized carbons (Fsp3) is 0.440. The van der Waals surface area contributed by atoms with E-state index < -0.39 is 28.9 Å². The van der Waals surface area contributed by atoms with E-state index in [9.17, 15) is 18.3 Å². The van der Waals surface area contributed by atoms with Crippen LogP contribution in [0.3, 0.4) is 0 Å². The number of rotatable bonds is 7. The number of hydrogen-bond donors (Lipinski definition) is 2. The van der Waals surface area contributed by atoms with E-state index in [1.54, 1.807) is 32.6 Å². The highest BCUT2D eigenvalue weighted by Crippen LogP contribution is 2.39. The van der Waals surface area contributed by atoms with Gasteiger partial charge in [0.2, 0.25) is 0 Å². The first-order chi connectivity index (χ1) is 16.2. The monoisotopic (exact) mass is 474 g/mol. The number of hydrogen-bond acceptors (Lipinski definition) is 5. The third-order valence-electron chi connectivity index (χ3n) is 6.84. The molecule has 6 nitrogen and oxygen atoms in total. The lowest BCUT2D eigenvalue weighted by molar-refractivity contribution is -0.137. The van der Waals surface area contributed by atoms with Gasteiger partial charge in [-0.05, 0) is 49.9 Å². The summed E-state index contributed by atoms with van der Waals surface area (Å²) in [6.45, 7) is 4.06. The van der Waals surface area contributed by atoms with E-state index in [1.807, 2.05) is 34.9 Å². The van der Waals surface area contributed by atoms with Crippen LogP contribution in [-0.2, 0) is 22.0 Å². The quantitative estimate of drug-likeness (QED) is 0.533. The Balaban J connectivity index is 1.57. The molecular weight excluding hydrogens is 445 g/mol. The molecule has 1 aromatic heterocycles. The van der Waals surface area contributed by atoms with Gasteiger partial charge in [-0.3, -0.25) is 0 Å². The molecule has 1 aliphatic rings. The Bertz CT molecular complexity index is 1080. The summed E-state index contributed by atoms with van der Waals surface area (Å²) in [6.07, 6.45) is -0.463. The molecule has 2 N–H and O–H groups in total. The summed E-state index contributed by atoms with van der Waals surface area (Å²) in [6, 6.07) is 13.9. The first kappa shape index (κ1) is 24.4. The van der Waals surface area contributed by atoms with Crippen LogP contribution in [0.25, 0.3) is 0 Å². The average molecular weight is 475 g/mol. The molecule has 3 aromatic rings. The number of aliphatic hydroxyl groups excluding tert-OH is 1. The van der Waals surface area contributed by atoms with E-state index in [4.69, 9.17) is 4.74 Å². The van der Waals surface area contributed by atoms with Crippen molar-refractivity contribution in [3.05, 3.63) is 83.4 Å². The number of aromatic nitrogens is 3. The predicted octanol–water partition coefficient (Wildman–Crippen LogP) is 4.35. The molecule has 0 radical (unpaired) electrons. The molecule has 182 valence electrons. The summed E-state index contributed by atoms with van der Waals surface area (Å²) in [5.74, 6) is 0. The van der Waals surface area contributed by atoms with Crippen molar-refractivity contribution in [1.82, 2.24) is 20.1 Å². The second-order valence-corrected chi connectivity index (χ2v) is 9.14. The van der Waals surface area contributed by atoms with Crippen molar-refractivity contribution in [3.63, 3.8) is 0 Å². The molecule has 34 heavy (non-hydrogen) atoms. The molecule has 9 heteroatoms. The SMILES string of the molecule is Cc1cc([C@@H](C)OC[C@@]2(c3ccccc3)CC[C@@](CO)(n3cnnc3)CN2)cc(C(F)(F)F)c1. The number of nitrogens with one attached hydrogen (secondary N) is 1. The summed E-state index contributed by atoms with van der Waals surface area (Å²) < 4.78 is 48.0. The summed E-state index contributed by atoms with van der Waals surface area (Å²) in [4.78, 5) is 0. The minimum Gasteiger partial charge on any atom is -0.394 e. The smallest absolute Gasteiger partial charge is 0.394 e. The van der Waals surface area contributed by atoms with Crippen LogP contribution in [0.1, 0.15) is 48.1 Å². The van der Waals surface area contributed by atoms with Crippen molar-refractivity contribution in [1.29, 1.82) is 0 Å². The topological polar surface area (TPSA) is 72.2 Å². The Morgan fingerprint density at radius 1 is 1.12 bits per heavy atom. The van der Waals surface area contributed by atoms with Gasteiger partial charge in [0, 0.05) is 6.54 Å². The number of aliphatic hydroxyl groups is 1. The molecule has 0 unspecified atom stereocenters.